The van der Waals surface area contributed by atoms with Crippen molar-refractivity contribution in [2.75, 3.05) is 19.0 Å². The Labute approximate surface area is 274 Å². The van der Waals surface area contributed by atoms with Gasteiger partial charge in [0.15, 0.2) is 0 Å². The van der Waals surface area contributed by atoms with Gasteiger partial charge in [-0.1, -0.05) is 94.1 Å². The highest BCUT2D eigenvalue weighted by Crippen LogP contribution is 2.27. The molecule has 0 aliphatic rings. The number of anilines is 1. The summed E-state index contributed by atoms with van der Waals surface area (Å²) < 4.78 is 10.8. The predicted octanol–water partition coefficient (Wildman–Crippen LogP) is 7.87. The zero-order chi connectivity index (χ0) is 33.5. The van der Waals surface area contributed by atoms with Gasteiger partial charge in [0, 0.05) is 18.7 Å². The highest BCUT2D eigenvalue weighted by atomic mass is 16.6. The maximum Gasteiger partial charge on any atom is 0.408 e. The molecule has 2 unspecified atom stereocenters. The zero-order valence-corrected chi connectivity index (χ0v) is 28.3. The Morgan fingerprint density at radius 1 is 0.804 bits per heavy atom. The van der Waals surface area contributed by atoms with Crippen LogP contribution in [0.5, 0.6) is 5.75 Å². The van der Waals surface area contributed by atoms with Crippen LogP contribution < -0.4 is 15.4 Å². The first-order chi connectivity index (χ1) is 22.0. The van der Waals surface area contributed by atoms with E-state index in [0.29, 0.717) is 23.5 Å². The standard InChI is InChI=1S/C38H51N3O5/c1-7-9-10-11-15-26-41(36(43)33(27-29-16-13-12-14-17-29)40-37(44)46-38(3,4)5)34(30-20-18-28(8-2)19-21-30)35(42)39-31-22-24-32(45-6)25-23-31/h12-14,16-25,33-34H,7-11,15,26-27H2,1-6H3,(H,39,42)(H,40,44). The maximum absolute atomic E-state index is 14.7. The molecule has 3 amide bonds. The lowest BCUT2D eigenvalue weighted by Crippen LogP contribution is -2.53. The van der Waals surface area contributed by atoms with Gasteiger partial charge in [0.05, 0.1) is 7.11 Å². The number of carbonyl (C=O) groups is 3. The Kier molecular flexibility index (Phi) is 14.1. The molecule has 0 aliphatic heterocycles. The number of hydrogen-bond donors (Lipinski definition) is 2. The summed E-state index contributed by atoms with van der Waals surface area (Å²) in [4.78, 5) is 43.7. The number of alkyl carbamates (subject to hydrolysis) is 1. The lowest BCUT2D eigenvalue weighted by molar-refractivity contribution is -0.140. The second kappa shape index (κ2) is 18.0. The van der Waals surface area contributed by atoms with E-state index in [9.17, 15) is 14.4 Å². The number of carbonyl (C=O) groups excluding carboxylic acids is 3. The van der Waals surface area contributed by atoms with Crippen molar-refractivity contribution in [1.29, 1.82) is 0 Å². The fourth-order valence-electron chi connectivity index (χ4n) is 5.25. The van der Waals surface area contributed by atoms with E-state index in [1.54, 1.807) is 57.0 Å². The number of amides is 3. The second-order valence-electron chi connectivity index (χ2n) is 12.5. The van der Waals surface area contributed by atoms with Crippen molar-refractivity contribution in [2.45, 2.75) is 97.2 Å². The van der Waals surface area contributed by atoms with Crippen LogP contribution in [-0.2, 0) is 27.2 Å². The van der Waals surface area contributed by atoms with E-state index >= 15 is 0 Å². The van der Waals surface area contributed by atoms with Crippen LogP contribution >= 0.6 is 0 Å². The van der Waals surface area contributed by atoms with Gasteiger partial charge in [-0.05, 0) is 74.6 Å². The first kappa shape index (κ1) is 36.1. The summed E-state index contributed by atoms with van der Waals surface area (Å²) in [6.45, 7) is 9.92. The molecule has 0 aromatic heterocycles. The number of methoxy groups -OCH3 is 1. The number of rotatable bonds is 16. The fraction of sp³-hybridized carbons (Fsp3) is 0.447. The third kappa shape index (κ3) is 11.5. The molecule has 3 rings (SSSR count). The SMILES string of the molecule is CCCCCCCN(C(=O)C(Cc1ccccc1)NC(=O)OC(C)(C)C)C(C(=O)Nc1ccc(OC)cc1)c1ccc(CC)cc1. The molecule has 3 aromatic rings. The molecule has 248 valence electrons. The molecule has 0 radical (unpaired) electrons. The van der Waals surface area contributed by atoms with Crippen molar-refractivity contribution in [2.24, 2.45) is 0 Å². The van der Waals surface area contributed by atoms with Gasteiger partial charge in [-0.3, -0.25) is 9.59 Å². The average Bonchev–Trinajstić information content (AvgIpc) is 3.03. The highest BCUT2D eigenvalue weighted by Gasteiger charge is 2.36. The maximum atomic E-state index is 14.7. The Bertz CT molecular complexity index is 1370. The Morgan fingerprint density at radius 2 is 1.46 bits per heavy atom. The molecule has 2 N–H and O–H groups in total. The minimum absolute atomic E-state index is 0.243. The predicted molar refractivity (Wildman–Crippen MR) is 184 cm³/mol. The molecule has 8 nitrogen and oxygen atoms in total. The molecule has 0 heterocycles. The first-order valence-electron chi connectivity index (χ1n) is 16.4. The fourth-order valence-corrected chi connectivity index (χ4v) is 5.25. The van der Waals surface area contributed by atoms with Gasteiger partial charge < -0.3 is 25.0 Å². The minimum atomic E-state index is -0.959. The smallest absolute Gasteiger partial charge is 0.408 e. The van der Waals surface area contributed by atoms with Crippen LogP contribution in [-0.4, -0.2) is 48.1 Å². The van der Waals surface area contributed by atoms with Gasteiger partial charge in [0.2, 0.25) is 5.91 Å². The van der Waals surface area contributed by atoms with E-state index in [4.69, 9.17) is 9.47 Å². The molecule has 46 heavy (non-hydrogen) atoms. The lowest BCUT2D eigenvalue weighted by Gasteiger charge is -2.35. The Balaban J connectivity index is 2.05. The van der Waals surface area contributed by atoms with E-state index in [1.165, 1.54) is 0 Å². The molecule has 2 atom stereocenters. The van der Waals surface area contributed by atoms with Gasteiger partial charge >= 0.3 is 6.09 Å². The molecule has 3 aromatic carbocycles. The molecule has 8 heteroatoms. The van der Waals surface area contributed by atoms with Crippen LogP contribution in [0.15, 0.2) is 78.9 Å². The van der Waals surface area contributed by atoms with Crippen molar-refractivity contribution in [1.82, 2.24) is 10.2 Å². The molecular formula is C38H51N3O5. The third-order valence-corrected chi connectivity index (χ3v) is 7.68. The number of ether oxygens (including phenoxy) is 2. The van der Waals surface area contributed by atoms with E-state index in [1.807, 2.05) is 54.6 Å². The van der Waals surface area contributed by atoms with Crippen LogP contribution in [0, 0.1) is 0 Å². The first-order valence-corrected chi connectivity index (χ1v) is 16.4. The number of unbranched alkanes of at least 4 members (excludes halogenated alkanes) is 4. The third-order valence-electron chi connectivity index (χ3n) is 7.68. The van der Waals surface area contributed by atoms with Crippen molar-refractivity contribution >= 4 is 23.6 Å². The van der Waals surface area contributed by atoms with Gasteiger partial charge in [-0.15, -0.1) is 0 Å². The van der Waals surface area contributed by atoms with E-state index in [-0.39, 0.29) is 18.2 Å². The molecule has 0 fully saturated rings. The van der Waals surface area contributed by atoms with Crippen molar-refractivity contribution in [3.63, 3.8) is 0 Å². The van der Waals surface area contributed by atoms with Crippen LogP contribution in [0.1, 0.15) is 89.5 Å². The summed E-state index contributed by atoms with van der Waals surface area (Å²) in [7, 11) is 1.59. The van der Waals surface area contributed by atoms with Crippen molar-refractivity contribution in [3.8, 4) is 5.75 Å². The summed E-state index contributed by atoms with van der Waals surface area (Å²) in [6.07, 6.45) is 5.28. The molecule has 0 bridgehead atoms. The van der Waals surface area contributed by atoms with Gasteiger partial charge in [0.1, 0.15) is 23.4 Å². The molecule has 0 saturated heterocycles. The number of aryl methyl sites for hydroxylation is 1. The summed E-state index contributed by atoms with van der Waals surface area (Å²) in [5.74, 6) is -0.0164. The lowest BCUT2D eigenvalue weighted by atomic mass is 9.98. The van der Waals surface area contributed by atoms with Crippen LogP contribution in [0.3, 0.4) is 0 Å². The van der Waals surface area contributed by atoms with Crippen molar-refractivity contribution in [3.05, 3.63) is 95.6 Å². The second-order valence-corrected chi connectivity index (χ2v) is 12.5. The monoisotopic (exact) mass is 629 g/mol. The zero-order valence-electron chi connectivity index (χ0n) is 28.3. The largest absolute Gasteiger partial charge is 0.497 e. The topological polar surface area (TPSA) is 97.0 Å². The van der Waals surface area contributed by atoms with Crippen LogP contribution in [0.25, 0.3) is 0 Å². The summed E-state index contributed by atoms with van der Waals surface area (Å²) in [5.41, 5.74) is 2.55. The van der Waals surface area contributed by atoms with E-state index < -0.39 is 23.8 Å². The number of nitrogens with zero attached hydrogens (tertiary/aromatic N) is 1. The normalized spacial score (nSPS) is 12.5. The van der Waals surface area contributed by atoms with Gasteiger partial charge in [-0.2, -0.15) is 0 Å². The molecule has 0 saturated carbocycles. The number of hydrogen-bond acceptors (Lipinski definition) is 5. The van der Waals surface area contributed by atoms with Gasteiger partial charge in [0.25, 0.3) is 5.91 Å². The molecular weight excluding hydrogens is 578 g/mol. The van der Waals surface area contributed by atoms with Gasteiger partial charge in [-0.25, -0.2) is 4.79 Å². The van der Waals surface area contributed by atoms with Crippen LogP contribution in [0.2, 0.25) is 0 Å². The summed E-state index contributed by atoms with van der Waals surface area (Å²) in [6, 6.07) is 22.6. The number of nitrogens with one attached hydrogen (secondary N) is 2. The Hall–Kier alpha value is -4.33. The van der Waals surface area contributed by atoms with Crippen LogP contribution in [0.4, 0.5) is 10.5 Å². The van der Waals surface area contributed by atoms with E-state index in [2.05, 4.69) is 24.5 Å². The minimum Gasteiger partial charge on any atom is -0.497 e. The van der Waals surface area contributed by atoms with Crippen molar-refractivity contribution < 1.29 is 23.9 Å². The summed E-state index contributed by atoms with van der Waals surface area (Å²) in [5, 5.41) is 5.87. The molecule has 0 aliphatic carbocycles. The average molecular weight is 630 g/mol. The quantitative estimate of drug-likeness (QED) is 0.157. The molecule has 0 spiro atoms. The highest BCUT2D eigenvalue weighted by molar-refractivity contribution is 5.99. The number of benzene rings is 3. The summed E-state index contributed by atoms with van der Waals surface area (Å²) >= 11 is 0. The van der Waals surface area contributed by atoms with E-state index in [0.717, 1.165) is 49.7 Å². The Morgan fingerprint density at radius 3 is 2.04 bits per heavy atom.